The Morgan fingerprint density at radius 1 is 0.682 bits per heavy atom. The molecule has 4 nitrogen and oxygen atoms in total. The van der Waals surface area contributed by atoms with Crippen LogP contribution in [0.15, 0.2) is 61.7 Å². The minimum absolute atomic E-state index is 0.941. The molecule has 2 aliphatic heterocycles. The van der Waals surface area contributed by atoms with Gasteiger partial charge in [0, 0.05) is 0 Å². The number of hydrogen-bond acceptors (Lipinski definition) is 0. The maximum atomic E-state index is 2.29. The molecule has 0 saturated carbocycles. The first kappa shape index (κ1) is 13.3. The summed E-state index contributed by atoms with van der Waals surface area (Å²) in [6.07, 6.45) is 15.5. The van der Waals surface area contributed by atoms with Gasteiger partial charge in [-0.2, -0.15) is 0 Å². The van der Waals surface area contributed by atoms with E-state index in [1.165, 1.54) is 24.0 Å². The van der Waals surface area contributed by atoms with Crippen LogP contribution in [0.2, 0.25) is 0 Å². The zero-order valence-electron chi connectivity index (χ0n) is 12.8. The molecule has 0 saturated heterocycles. The first-order valence-corrected chi connectivity index (χ1v) is 8.03. The third kappa shape index (κ3) is 2.96. The lowest BCUT2D eigenvalue weighted by Crippen LogP contribution is -2.32. The number of aromatic nitrogens is 4. The highest BCUT2D eigenvalue weighted by molar-refractivity contribution is 5.21. The summed E-state index contributed by atoms with van der Waals surface area (Å²) in [7, 11) is 0. The molecule has 6 bridgehead atoms. The van der Waals surface area contributed by atoms with Gasteiger partial charge < -0.3 is 0 Å². The second kappa shape index (κ2) is 5.79. The lowest BCUT2D eigenvalue weighted by Gasteiger charge is -2.02. The average molecular weight is 294 g/mol. The smallest absolute Gasteiger partial charge is 0.237 e. The molecule has 0 radical (unpaired) electrons. The van der Waals surface area contributed by atoms with Crippen molar-refractivity contribution in [2.24, 2.45) is 0 Å². The molecule has 0 spiro atoms. The molecular weight excluding hydrogens is 272 g/mol. The Hall–Kier alpha value is -2.36. The number of nitrogens with zero attached hydrogens (tertiary/aromatic N) is 4. The Balaban J connectivity index is 1.63. The summed E-state index contributed by atoms with van der Waals surface area (Å²) in [5.41, 5.74) is 2.70. The fourth-order valence-corrected chi connectivity index (χ4v) is 3.09. The highest BCUT2D eigenvalue weighted by Crippen LogP contribution is 2.05. The van der Waals surface area contributed by atoms with Crippen LogP contribution in [0, 0.1) is 0 Å². The molecule has 5 rings (SSSR count). The summed E-state index contributed by atoms with van der Waals surface area (Å²) < 4.78 is 9.09. The van der Waals surface area contributed by atoms with Crippen molar-refractivity contribution in [3.63, 3.8) is 0 Å². The summed E-state index contributed by atoms with van der Waals surface area (Å²) in [5.74, 6) is 0. The summed E-state index contributed by atoms with van der Waals surface area (Å²) >= 11 is 0. The molecule has 0 fully saturated rings. The molecule has 4 heterocycles. The highest BCUT2D eigenvalue weighted by Gasteiger charge is 2.09. The van der Waals surface area contributed by atoms with Crippen LogP contribution in [0.1, 0.15) is 24.0 Å². The zero-order valence-corrected chi connectivity index (χ0v) is 12.8. The van der Waals surface area contributed by atoms with E-state index in [1.54, 1.807) is 0 Å². The van der Waals surface area contributed by atoms with Gasteiger partial charge in [-0.1, -0.05) is 24.3 Å². The largest absolute Gasteiger partial charge is 0.244 e. The molecule has 0 aliphatic carbocycles. The lowest BCUT2D eigenvalue weighted by atomic mass is 10.1. The Labute approximate surface area is 130 Å². The molecule has 0 unspecified atom stereocenters. The first-order valence-electron chi connectivity index (χ1n) is 8.03. The van der Waals surface area contributed by atoms with Gasteiger partial charge in [0.15, 0.2) is 0 Å². The van der Waals surface area contributed by atoms with Gasteiger partial charge in [-0.25, -0.2) is 18.3 Å². The van der Waals surface area contributed by atoms with Crippen LogP contribution in [0.25, 0.3) is 0 Å². The standard InChI is InChI=1S/C18H22N4/c1-2-8-20-10-12-22(16-20)14-18-5-3-17(4-6-18)13-21-11-9-19(7-1)15-21/h3-6,9-12,15-16H,1-2,7-8,13-14H2/q+2. The minimum atomic E-state index is 0.941. The van der Waals surface area contributed by atoms with Crippen LogP contribution in [0.5, 0.6) is 0 Å². The van der Waals surface area contributed by atoms with Crippen LogP contribution in [-0.2, 0) is 26.2 Å². The maximum Gasteiger partial charge on any atom is 0.244 e. The van der Waals surface area contributed by atoms with Crippen molar-refractivity contribution in [2.75, 3.05) is 0 Å². The fourth-order valence-electron chi connectivity index (χ4n) is 3.09. The van der Waals surface area contributed by atoms with E-state index >= 15 is 0 Å². The van der Waals surface area contributed by atoms with E-state index < -0.39 is 0 Å². The van der Waals surface area contributed by atoms with E-state index in [-0.39, 0.29) is 0 Å². The third-order valence-corrected chi connectivity index (χ3v) is 4.33. The minimum Gasteiger partial charge on any atom is -0.237 e. The van der Waals surface area contributed by atoms with E-state index in [1.807, 2.05) is 0 Å². The molecular formula is C18H22N4+2. The Bertz CT molecular complexity index is 686. The molecule has 0 amide bonds. The predicted molar refractivity (Wildman–Crippen MR) is 83.1 cm³/mol. The van der Waals surface area contributed by atoms with Gasteiger partial charge in [0.25, 0.3) is 0 Å². The quantitative estimate of drug-likeness (QED) is 0.562. The third-order valence-electron chi connectivity index (χ3n) is 4.33. The highest BCUT2D eigenvalue weighted by atomic mass is 15.1. The molecule has 3 aromatic rings. The number of fused-ring (bicyclic) bond motifs is 5. The molecule has 112 valence electrons. The molecule has 0 N–H and O–H groups in total. The van der Waals surface area contributed by atoms with Gasteiger partial charge in [0.2, 0.25) is 12.7 Å². The van der Waals surface area contributed by atoms with Gasteiger partial charge in [0.05, 0.1) is 13.1 Å². The number of imidazole rings is 2. The Morgan fingerprint density at radius 3 is 1.59 bits per heavy atom. The number of aryl methyl sites for hydroxylation is 2. The Morgan fingerprint density at radius 2 is 1.14 bits per heavy atom. The van der Waals surface area contributed by atoms with Crippen LogP contribution >= 0.6 is 0 Å². The number of benzene rings is 1. The molecule has 2 aliphatic rings. The zero-order chi connectivity index (χ0) is 14.8. The van der Waals surface area contributed by atoms with Crippen molar-refractivity contribution >= 4 is 0 Å². The van der Waals surface area contributed by atoms with Gasteiger partial charge in [-0.15, -0.1) is 0 Å². The van der Waals surface area contributed by atoms with E-state index in [4.69, 9.17) is 0 Å². The first-order chi connectivity index (χ1) is 10.8. The molecule has 0 atom stereocenters. The van der Waals surface area contributed by atoms with Gasteiger partial charge in [-0.05, 0) is 24.0 Å². The molecule has 4 heteroatoms. The Kier molecular flexibility index (Phi) is 3.51. The van der Waals surface area contributed by atoms with Gasteiger partial charge in [-0.3, -0.25) is 0 Å². The average Bonchev–Trinajstić information content (AvgIpc) is 3.15. The van der Waals surface area contributed by atoms with Crippen LogP contribution in [0.3, 0.4) is 0 Å². The van der Waals surface area contributed by atoms with Crippen molar-refractivity contribution < 1.29 is 9.13 Å². The van der Waals surface area contributed by atoms with Crippen LogP contribution in [0.4, 0.5) is 0 Å². The van der Waals surface area contributed by atoms with E-state index in [0.29, 0.717) is 0 Å². The van der Waals surface area contributed by atoms with E-state index in [9.17, 15) is 0 Å². The predicted octanol–water partition coefficient (Wildman–Crippen LogP) is 1.75. The SMILES string of the molecule is c1cc2ccc1C[n+]1ccn(c1)CCCCn1cc[n+](c1)C2. The van der Waals surface area contributed by atoms with Crippen molar-refractivity contribution in [1.29, 1.82) is 0 Å². The number of rotatable bonds is 0. The number of hydrogen-bond donors (Lipinski definition) is 0. The molecule has 2 aromatic heterocycles. The van der Waals surface area contributed by atoms with Crippen LogP contribution in [-0.4, -0.2) is 9.13 Å². The van der Waals surface area contributed by atoms with Gasteiger partial charge in [0.1, 0.15) is 37.9 Å². The monoisotopic (exact) mass is 294 g/mol. The normalized spacial score (nSPS) is 15.1. The molecule has 22 heavy (non-hydrogen) atoms. The summed E-state index contributed by atoms with van der Waals surface area (Å²) in [4.78, 5) is 0. The maximum absolute atomic E-state index is 2.29. The molecule has 1 aromatic carbocycles. The second-order valence-electron chi connectivity index (χ2n) is 6.17. The second-order valence-corrected chi connectivity index (χ2v) is 6.17. The summed E-state index contributed by atoms with van der Waals surface area (Å²) in [6, 6.07) is 8.96. The summed E-state index contributed by atoms with van der Waals surface area (Å²) in [6.45, 7) is 4.06. The van der Waals surface area contributed by atoms with Gasteiger partial charge >= 0.3 is 0 Å². The van der Waals surface area contributed by atoms with E-state index in [2.05, 4.69) is 80.0 Å². The van der Waals surface area contributed by atoms with Crippen molar-refractivity contribution in [1.82, 2.24) is 9.13 Å². The van der Waals surface area contributed by atoms with Crippen molar-refractivity contribution in [2.45, 2.75) is 39.0 Å². The lowest BCUT2D eigenvalue weighted by molar-refractivity contribution is -0.688. The summed E-state index contributed by atoms with van der Waals surface area (Å²) in [5, 5.41) is 0. The topological polar surface area (TPSA) is 17.6 Å². The van der Waals surface area contributed by atoms with Crippen LogP contribution < -0.4 is 9.13 Å². The fraction of sp³-hybridized carbons (Fsp3) is 0.333. The van der Waals surface area contributed by atoms with Crippen molar-refractivity contribution in [3.05, 3.63) is 72.8 Å². The van der Waals surface area contributed by atoms with Crippen molar-refractivity contribution in [3.8, 4) is 0 Å². The van der Waals surface area contributed by atoms with E-state index in [0.717, 1.165) is 26.2 Å².